The van der Waals surface area contributed by atoms with Crippen molar-refractivity contribution in [2.24, 2.45) is 0 Å². The summed E-state index contributed by atoms with van der Waals surface area (Å²) in [6.07, 6.45) is 2.12. The highest BCUT2D eigenvalue weighted by molar-refractivity contribution is 6.04. The van der Waals surface area contributed by atoms with E-state index in [0.717, 1.165) is 29.9 Å². The van der Waals surface area contributed by atoms with Gasteiger partial charge in [-0.15, -0.1) is 0 Å². The molecule has 0 bridgehead atoms. The van der Waals surface area contributed by atoms with Gasteiger partial charge >= 0.3 is 5.97 Å². The predicted octanol–water partition coefficient (Wildman–Crippen LogP) is 8.41. The Morgan fingerprint density at radius 1 is 0.956 bits per heavy atom. The van der Waals surface area contributed by atoms with Gasteiger partial charge < -0.3 is 14.3 Å². The van der Waals surface area contributed by atoms with Crippen molar-refractivity contribution in [3.05, 3.63) is 113 Å². The first-order valence-electron chi connectivity index (χ1n) is 15.0. The molecule has 3 aromatic heterocycles. The van der Waals surface area contributed by atoms with Crippen LogP contribution in [0, 0.1) is 12.7 Å². The van der Waals surface area contributed by atoms with Crippen molar-refractivity contribution in [1.29, 1.82) is 0 Å². The molecule has 228 valence electrons. The van der Waals surface area contributed by atoms with Crippen LogP contribution in [0.5, 0.6) is 5.75 Å². The number of ether oxygens (including phenoxy) is 1. The first-order valence-corrected chi connectivity index (χ1v) is 15.0. The Labute approximate surface area is 260 Å². The maximum absolute atomic E-state index is 13.8. The van der Waals surface area contributed by atoms with E-state index in [0.29, 0.717) is 58.3 Å². The summed E-state index contributed by atoms with van der Waals surface area (Å²) in [5.41, 5.74) is 4.68. The molecule has 45 heavy (non-hydrogen) atoms. The molecule has 0 amide bonds. The average Bonchev–Trinajstić information content (AvgIpc) is 3.62. The molecule has 0 saturated heterocycles. The predicted molar refractivity (Wildman–Crippen MR) is 170 cm³/mol. The van der Waals surface area contributed by atoms with E-state index in [1.807, 2.05) is 61.5 Å². The molecular weight excluding hydrogens is 571 g/mol. The summed E-state index contributed by atoms with van der Waals surface area (Å²) in [5.74, 6) is 0.528. The lowest BCUT2D eigenvalue weighted by Gasteiger charge is -2.11. The molecule has 0 aliphatic heterocycles. The van der Waals surface area contributed by atoms with Crippen molar-refractivity contribution in [1.82, 2.24) is 19.7 Å². The fourth-order valence-corrected chi connectivity index (χ4v) is 5.56. The molecule has 3 aromatic carbocycles. The lowest BCUT2D eigenvalue weighted by molar-refractivity contribution is 0.0699. The number of fused-ring (bicyclic) bond motifs is 1. The Morgan fingerprint density at radius 3 is 2.40 bits per heavy atom. The molecular formula is C36H33FN4O4. The van der Waals surface area contributed by atoms with Crippen LogP contribution in [0.4, 0.5) is 4.39 Å². The quantitative estimate of drug-likeness (QED) is 0.158. The fourth-order valence-electron chi connectivity index (χ4n) is 5.56. The van der Waals surface area contributed by atoms with Crippen LogP contribution in [0.2, 0.25) is 0 Å². The van der Waals surface area contributed by atoms with E-state index in [9.17, 15) is 14.3 Å². The van der Waals surface area contributed by atoms with E-state index in [-0.39, 0.29) is 17.3 Å². The molecule has 0 aliphatic carbocycles. The first-order chi connectivity index (χ1) is 21.9. The molecule has 6 rings (SSSR count). The van der Waals surface area contributed by atoms with Crippen LogP contribution in [-0.4, -0.2) is 37.4 Å². The van der Waals surface area contributed by atoms with E-state index in [1.54, 1.807) is 22.9 Å². The molecule has 8 nitrogen and oxygen atoms in total. The van der Waals surface area contributed by atoms with E-state index < -0.39 is 5.97 Å². The van der Waals surface area contributed by atoms with Gasteiger partial charge in [-0.3, -0.25) is 0 Å². The summed E-state index contributed by atoms with van der Waals surface area (Å²) in [7, 11) is 0. The number of aryl methyl sites for hydroxylation is 1. The van der Waals surface area contributed by atoms with Gasteiger partial charge in [0.25, 0.3) is 0 Å². The number of halogens is 1. The van der Waals surface area contributed by atoms with Crippen molar-refractivity contribution >= 4 is 17.0 Å². The summed E-state index contributed by atoms with van der Waals surface area (Å²) in [6.45, 7) is 6.37. The molecule has 3 heterocycles. The minimum Gasteiger partial charge on any atom is -0.493 e. The average molecular weight is 605 g/mol. The Kier molecular flexibility index (Phi) is 8.42. The Bertz CT molecular complexity index is 1960. The Morgan fingerprint density at radius 2 is 1.69 bits per heavy atom. The smallest absolute Gasteiger partial charge is 0.336 e. The van der Waals surface area contributed by atoms with Crippen LogP contribution in [0.25, 0.3) is 39.4 Å². The van der Waals surface area contributed by atoms with Gasteiger partial charge in [-0.25, -0.2) is 23.8 Å². The van der Waals surface area contributed by atoms with E-state index in [1.165, 1.54) is 12.1 Å². The summed E-state index contributed by atoms with van der Waals surface area (Å²) >= 11 is 0. The highest BCUT2D eigenvalue weighted by Crippen LogP contribution is 2.35. The van der Waals surface area contributed by atoms with Gasteiger partial charge in [0, 0.05) is 23.5 Å². The topological polar surface area (TPSA) is 103 Å². The number of oxazole rings is 1. The number of aromatic nitrogens is 4. The van der Waals surface area contributed by atoms with E-state index in [4.69, 9.17) is 19.2 Å². The molecule has 0 saturated carbocycles. The van der Waals surface area contributed by atoms with Gasteiger partial charge in [-0.1, -0.05) is 44.2 Å². The fraction of sp³-hybridized carbons (Fsp3) is 0.222. The normalized spacial score (nSPS) is 11.4. The second-order valence-corrected chi connectivity index (χ2v) is 10.9. The standard InChI is InChI=1S/C36H33FN4O4/c1-4-23(5-2)33-32-29(36(42)43)21-31(38-34(32)41(40-33)27-16-14-26(37)15-17-27)25-12-9-13-28(20-25)44-19-18-30-22(3)45-35(39-30)24-10-7-6-8-11-24/h6-17,20-21,23H,4-5,18-19H2,1-3H3,(H,42,43). The lowest BCUT2D eigenvalue weighted by Crippen LogP contribution is -2.04. The number of rotatable bonds is 11. The highest BCUT2D eigenvalue weighted by atomic mass is 19.1. The second kappa shape index (κ2) is 12.7. The number of benzene rings is 3. The van der Waals surface area contributed by atoms with Crippen LogP contribution in [0.1, 0.15) is 60.1 Å². The highest BCUT2D eigenvalue weighted by Gasteiger charge is 2.26. The first kappa shape index (κ1) is 29.7. The number of carboxylic acid groups (broad SMARTS) is 1. The third kappa shape index (κ3) is 6.06. The number of pyridine rings is 1. The van der Waals surface area contributed by atoms with Crippen molar-refractivity contribution in [3.63, 3.8) is 0 Å². The summed E-state index contributed by atoms with van der Waals surface area (Å²) in [6, 6.07) is 24.7. The molecule has 0 atom stereocenters. The van der Waals surface area contributed by atoms with Crippen LogP contribution in [0.15, 0.2) is 89.3 Å². The third-order valence-corrected chi connectivity index (χ3v) is 7.99. The summed E-state index contributed by atoms with van der Waals surface area (Å²) in [4.78, 5) is 22.2. The van der Waals surface area contributed by atoms with Gasteiger partial charge in [0.2, 0.25) is 5.89 Å². The molecule has 0 fully saturated rings. The van der Waals surface area contributed by atoms with E-state index in [2.05, 4.69) is 18.8 Å². The zero-order valence-corrected chi connectivity index (χ0v) is 25.3. The second-order valence-electron chi connectivity index (χ2n) is 10.9. The van der Waals surface area contributed by atoms with Crippen LogP contribution in [-0.2, 0) is 6.42 Å². The number of carboxylic acids is 1. The Hall–Kier alpha value is -5.31. The minimum atomic E-state index is -1.07. The van der Waals surface area contributed by atoms with Crippen molar-refractivity contribution in [2.45, 2.75) is 46.0 Å². The van der Waals surface area contributed by atoms with Crippen LogP contribution in [0.3, 0.4) is 0 Å². The molecule has 0 spiro atoms. The minimum absolute atomic E-state index is 0.0359. The lowest BCUT2D eigenvalue weighted by atomic mass is 9.95. The zero-order chi connectivity index (χ0) is 31.5. The van der Waals surface area contributed by atoms with Gasteiger partial charge in [-0.2, -0.15) is 5.10 Å². The molecule has 6 aromatic rings. The van der Waals surface area contributed by atoms with Crippen LogP contribution < -0.4 is 4.74 Å². The number of aromatic carboxylic acids is 1. The summed E-state index contributed by atoms with van der Waals surface area (Å²) < 4.78 is 27.4. The van der Waals surface area contributed by atoms with E-state index >= 15 is 0 Å². The molecule has 1 N–H and O–H groups in total. The number of hydrogen-bond acceptors (Lipinski definition) is 6. The molecule has 0 aliphatic rings. The van der Waals surface area contributed by atoms with Crippen LogP contribution >= 0.6 is 0 Å². The Balaban J connectivity index is 1.33. The maximum atomic E-state index is 13.8. The van der Waals surface area contributed by atoms with Gasteiger partial charge in [-0.05, 0) is 74.4 Å². The van der Waals surface area contributed by atoms with Crippen molar-refractivity contribution < 1.29 is 23.4 Å². The summed E-state index contributed by atoms with van der Waals surface area (Å²) in [5, 5.41) is 15.7. The maximum Gasteiger partial charge on any atom is 0.336 e. The largest absolute Gasteiger partial charge is 0.493 e. The zero-order valence-electron chi connectivity index (χ0n) is 25.3. The monoisotopic (exact) mass is 604 g/mol. The number of hydrogen-bond donors (Lipinski definition) is 1. The van der Waals surface area contributed by atoms with Crippen molar-refractivity contribution in [3.8, 4) is 34.1 Å². The van der Waals surface area contributed by atoms with Crippen molar-refractivity contribution in [2.75, 3.05) is 6.61 Å². The third-order valence-electron chi connectivity index (χ3n) is 7.99. The number of nitrogens with zero attached hydrogens (tertiary/aromatic N) is 4. The SMILES string of the molecule is CCC(CC)c1nn(-c2ccc(F)cc2)c2nc(-c3cccc(OCCc4nc(-c5ccccc5)oc4C)c3)cc(C(=O)O)c12. The van der Waals surface area contributed by atoms with Gasteiger partial charge in [0.1, 0.15) is 17.3 Å². The van der Waals surface area contributed by atoms with Gasteiger partial charge in [0.15, 0.2) is 5.65 Å². The molecule has 0 unspecified atom stereocenters. The van der Waals surface area contributed by atoms with Gasteiger partial charge in [0.05, 0.1) is 40.3 Å². The molecule has 0 radical (unpaired) electrons. The molecule has 9 heteroatoms. The number of carbonyl (C=O) groups is 1.